The van der Waals surface area contributed by atoms with E-state index >= 15 is 0 Å². The summed E-state index contributed by atoms with van der Waals surface area (Å²) >= 11 is 0. The largest absolute Gasteiger partial charge is 0.300 e. The molecule has 5 nitrogen and oxygen atoms in total. The smallest absolute Gasteiger partial charge is 0.136 e. The van der Waals surface area contributed by atoms with E-state index in [1.165, 1.54) is 0 Å². The summed E-state index contributed by atoms with van der Waals surface area (Å²) in [5, 5.41) is 0. The zero-order valence-corrected chi connectivity index (χ0v) is 15.9. The van der Waals surface area contributed by atoms with Gasteiger partial charge in [0, 0.05) is 63.7 Å². The van der Waals surface area contributed by atoms with Crippen molar-refractivity contribution in [3.63, 3.8) is 0 Å². The summed E-state index contributed by atoms with van der Waals surface area (Å²) in [6, 6.07) is 0. The number of carbonyl (C=O) groups excluding carboxylic acids is 5. The van der Waals surface area contributed by atoms with Crippen LogP contribution in [0.1, 0.15) is 91.4 Å². The molecule has 5 heteroatoms. The van der Waals surface area contributed by atoms with Crippen LogP contribution < -0.4 is 0 Å². The Morgan fingerprint density at radius 3 is 1.64 bits per heavy atom. The Labute approximate surface area is 150 Å². The average Bonchev–Trinajstić information content (AvgIpc) is 2.60. The molecule has 0 amide bonds. The van der Waals surface area contributed by atoms with Gasteiger partial charge in [-0.25, -0.2) is 0 Å². The molecular weight excluding hydrogens is 320 g/mol. The highest BCUT2D eigenvalue weighted by molar-refractivity contribution is 5.92. The molecule has 0 aromatic carbocycles. The molecule has 0 aliphatic heterocycles. The van der Waals surface area contributed by atoms with Crippen LogP contribution in [0.4, 0.5) is 0 Å². The molecule has 0 radical (unpaired) electrons. The van der Waals surface area contributed by atoms with E-state index in [0.717, 1.165) is 12.8 Å². The molecule has 0 aromatic heterocycles. The van der Waals surface area contributed by atoms with Crippen molar-refractivity contribution in [2.75, 3.05) is 0 Å². The quantitative estimate of drug-likeness (QED) is 0.422. The van der Waals surface area contributed by atoms with E-state index in [0.29, 0.717) is 12.8 Å². The molecule has 0 aliphatic carbocycles. The molecule has 0 N–H and O–H groups in total. The number of rotatable bonds is 16. The maximum Gasteiger partial charge on any atom is 0.136 e. The fourth-order valence-corrected chi connectivity index (χ4v) is 2.42. The van der Waals surface area contributed by atoms with Gasteiger partial charge in [-0.15, -0.1) is 0 Å². The minimum atomic E-state index is -0.414. The van der Waals surface area contributed by atoms with Crippen molar-refractivity contribution in [3.05, 3.63) is 0 Å². The predicted octanol–water partition coefficient (Wildman–Crippen LogP) is 3.80. The molecular formula is C20H32O5. The van der Waals surface area contributed by atoms with Crippen LogP contribution in [-0.2, 0) is 24.0 Å². The van der Waals surface area contributed by atoms with Crippen LogP contribution in [-0.4, -0.2) is 28.9 Å². The van der Waals surface area contributed by atoms with Crippen LogP contribution in [0.2, 0.25) is 0 Å². The molecule has 1 atom stereocenters. The van der Waals surface area contributed by atoms with Gasteiger partial charge in [-0.3, -0.25) is 24.0 Å². The monoisotopic (exact) mass is 352 g/mol. The van der Waals surface area contributed by atoms with Crippen molar-refractivity contribution >= 4 is 28.9 Å². The van der Waals surface area contributed by atoms with Crippen LogP contribution in [0.25, 0.3) is 0 Å². The maximum atomic E-state index is 11.9. The molecule has 1 unspecified atom stereocenters. The van der Waals surface area contributed by atoms with E-state index in [1.807, 2.05) is 6.92 Å². The Hall–Kier alpha value is -1.65. The zero-order chi connectivity index (χ0) is 19.2. The average molecular weight is 352 g/mol. The summed E-state index contributed by atoms with van der Waals surface area (Å²) in [7, 11) is 0. The minimum absolute atomic E-state index is 0.0472. The van der Waals surface area contributed by atoms with Gasteiger partial charge in [-0.2, -0.15) is 0 Å². The lowest BCUT2D eigenvalue weighted by Gasteiger charge is -2.09. The first kappa shape index (κ1) is 23.4. The van der Waals surface area contributed by atoms with Gasteiger partial charge in [0.05, 0.1) is 0 Å². The van der Waals surface area contributed by atoms with E-state index in [2.05, 4.69) is 0 Å². The van der Waals surface area contributed by atoms with Crippen molar-refractivity contribution in [2.24, 2.45) is 5.92 Å². The number of carbonyl (C=O) groups is 5. The van der Waals surface area contributed by atoms with E-state index in [9.17, 15) is 24.0 Å². The molecule has 0 aromatic rings. The van der Waals surface area contributed by atoms with Crippen molar-refractivity contribution in [3.8, 4) is 0 Å². The molecule has 0 aliphatic rings. The third kappa shape index (κ3) is 12.4. The summed E-state index contributed by atoms with van der Waals surface area (Å²) in [5.74, 6) is -0.543. The Morgan fingerprint density at radius 1 is 0.640 bits per heavy atom. The number of hydrogen-bond donors (Lipinski definition) is 0. The summed E-state index contributed by atoms with van der Waals surface area (Å²) in [6.45, 7) is 5.45. The molecule has 0 fully saturated rings. The highest BCUT2D eigenvalue weighted by atomic mass is 16.1. The highest BCUT2D eigenvalue weighted by Crippen LogP contribution is 2.12. The summed E-state index contributed by atoms with van der Waals surface area (Å²) in [4.78, 5) is 58.3. The topological polar surface area (TPSA) is 85.3 Å². The van der Waals surface area contributed by atoms with Gasteiger partial charge >= 0.3 is 0 Å². The van der Waals surface area contributed by atoms with Gasteiger partial charge in [0.2, 0.25) is 0 Å². The lowest BCUT2D eigenvalue weighted by Crippen LogP contribution is -2.17. The van der Waals surface area contributed by atoms with Gasteiger partial charge in [0.15, 0.2) is 0 Å². The Morgan fingerprint density at radius 2 is 1.12 bits per heavy atom. The lowest BCUT2D eigenvalue weighted by atomic mass is 9.93. The normalized spacial score (nSPS) is 11.8. The van der Waals surface area contributed by atoms with Gasteiger partial charge in [-0.1, -0.05) is 27.2 Å². The molecule has 0 saturated heterocycles. The molecule has 0 spiro atoms. The second-order valence-corrected chi connectivity index (χ2v) is 6.68. The molecule has 0 heterocycles. The summed E-state index contributed by atoms with van der Waals surface area (Å²) < 4.78 is 0. The van der Waals surface area contributed by atoms with Gasteiger partial charge in [0.25, 0.3) is 0 Å². The fraction of sp³-hybridized carbons (Fsp3) is 0.750. The Kier molecular flexibility index (Phi) is 12.7. The fourth-order valence-electron chi connectivity index (χ4n) is 2.42. The minimum Gasteiger partial charge on any atom is -0.300 e. The first-order valence-electron chi connectivity index (χ1n) is 9.39. The van der Waals surface area contributed by atoms with Crippen molar-refractivity contribution < 1.29 is 24.0 Å². The van der Waals surface area contributed by atoms with Crippen LogP contribution in [0.5, 0.6) is 0 Å². The van der Waals surface area contributed by atoms with Crippen LogP contribution in [0.15, 0.2) is 0 Å². The molecule has 25 heavy (non-hydrogen) atoms. The molecule has 142 valence electrons. The maximum absolute atomic E-state index is 11.9. The SMILES string of the molecule is CCCCC(=O)CCC(=O)CCC(=O)CC(C)C(=O)CCC(=O)CC. The van der Waals surface area contributed by atoms with Crippen LogP contribution in [0.3, 0.4) is 0 Å². The van der Waals surface area contributed by atoms with E-state index in [4.69, 9.17) is 0 Å². The number of Topliss-reactive ketones (excluding diaryl/α,β-unsaturated/α-hetero) is 5. The lowest BCUT2D eigenvalue weighted by molar-refractivity contribution is -0.129. The predicted molar refractivity (Wildman–Crippen MR) is 96.3 cm³/mol. The second-order valence-electron chi connectivity index (χ2n) is 6.68. The number of unbranched alkanes of at least 4 members (excludes halogenated alkanes) is 1. The van der Waals surface area contributed by atoms with Crippen molar-refractivity contribution in [1.82, 2.24) is 0 Å². The van der Waals surface area contributed by atoms with Gasteiger partial charge in [0.1, 0.15) is 28.9 Å². The molecule has 0 rings (SSSR count). The van der Waals surface area contributed by atoms with E-state index < -0.39 is 5.92 Å². The van der Waals surface area contributed by atoms with Gasteiger partial charge < -0.3 is 0 Å². The van der Waals surface area contributed by atoms with Crippen LogP contribution in [0, 0.1) is 5.92 Å². The zero-order valence-electron chi connectivity index (χ0n) is 15.9. The number of hydrogen-bond acceptors (Lipinski definition) is 5. The van der Waals surface area contributed by atoms with Gasteiger partial charge in [-0.05, 0) is 6.42 Å². The summed E-state index contributed by atoms with van der Waals surface area (Å²) in [6.07, 6.45) is 3.98. The standard InChI is InChI=1S/C20H32O5/c1-4-6-7-17(22)8-9-18(23)10-11-19(24)14-15(3)20(25)13-12-16(21)5-2/h15H,4-14H2,1-3H3. The first-order chi connectivity index (χ1) is 11.8. The second kappa shape index (κ2) is 13.6. The first-order valence-corrected chi connectivity index (χ1v) is 9.39. The molecule has 0 saturated carbocycles. The van der Waals surface area contributed by atoms with Crippen LogP contribution >= 0.6 is 0 Å². The Balaban J connectivity index is 3.97. The van der Waals surface area contributed by atoms with E-state index in [1.54, 1.807) is 13.8 Å². The molecule has 0 bridgehead atoms. The van der Waals surface area contributed by atoms with E-state index in [-0.39, 0.29) is 73.9 Å². The van der Waals surface area contributed by atoms with Crippen molar-refractivity contribution in [2.45, 2.75) is 91.4 Å². The number of ketones is 5. The highest BCUT2D eigenvalue weighted by Gasteiger charge is 2.18. The third-order valence-corrected chi connectivity index (χ3v) is 4.30. The third-order valence-electron chi connectivity index (χ3n) is 4.30. The summed E-state index contributed by atoms with van der Waals surface area (Å²) in [5.41, 5.74) is 0. The Bertz CT molecular complexity index is 478. The van der Waals surface area contributed by atoms with Crippen molar-refractivity contribution in [1.29, 1.82) is 0 Å².